The van der Waals surface area contributed by atoms with Crippen LogP contribution in [0.5, 0.6) is 0 Å². The number of anilines is 2. The summed E-state index contributed by atoms with van der Waals surface area (Å²) in [6, 6.07) is 3.48. The average Bonchev–Trinajstić information content (AvgIpc) is 2.63. The molecule has 0 spiro atoms. The Balaban J connectivity index is 2.08. The van der Waals surface area contributed by atoms with E-state index in [1.54, 1.807) is 6.07 Å². The van der Waals surface area contributed by atoms with E-state index >= 15 is 0 Å². The zero-order valence-corrected chi connectivity index (χ0v) is 10.7. The van der Waals surface area contributed by atoms with Crippen molar-refractivity contribution in [3.63, 3.8) is 0 Å². The van der Waals surface area contributed by atoms with Crippen LogP contribution in [0.15, 0.2) is 21.3 Å². The molecule has 2 aromatic rings. The van der Waals surface area contributed by atoms with E-state index in [1.807, 2.05) is 6.07 Å². The molecule has 0 saturated carbocycles. The van der Waals surface area contributed by atoms with Gasteiger partial charge in [-0.15, -0.1) is 0 Å². The van der Waals surface area contributed by atoms with Crippen LogP contribution in [0.4, 0.5) is 11.4 Å². The van der Waals surface area contributed by atoms with Gasteiger partial charge in [0.1, 0.15) is 0 Å². The summed E-state index contributed by atoms with van der Waals surface area (Å²) in [6.45, 7) is 5.28. The van der Waals surface area contributed by atoms with Crippen molar-refractivity contribution in [2.24, 2.45) is 5.92 Å². The van der Waals surface area contributed by atoms with Crippen LogP contribution in [-0.2, 0) is 0 Å². The van der Waals surface area contributed by atoms with E-state index in [2.05, 4.69) is 24.1 Å². The standard InChI is InChI=1S/C13H19N3O2/c1-8(2)4-3-5-15-10-7-11-12(6-9(10)14)18-13(17)16-11/h6-8,15H,3-5,14H2,1-2H3,(H,16,17). The van der Waals surface area contributed by atoms with E-state index in [4.69, 9.17) is 10.2 Å². The summed E-state index contributed by atoms with van der Waals surface area (Å²) in [6.07, 6.45) is 2.27. The van der Waals surface area contributed by atoms with Crippen molar-refractivity contribution >= 4 is 22.5 Å². The minimum Gasteiger partial charge on any atom is -0.408 e. The quantitative estimate of drug-likeness (QED) is 0.561. The molecule has 18 heavy (non-hydrogen) atoms. The molecular weight excluding hydrogens is 230 g/mol. The van der Waals surface area contributed by atoms with Crippen molar-refractivity contribution in [2.75, 3.05) is 17.6 Å². The molecule has 98 valence electrons. The number of benzene rings is 1. The Labute approximate surface area is 105 Å². The predicted octanol–water partition coefficient (Wildman–Crippen LogP) is 2.55. The van der Waals surface area contributed by atoms with Gasteiger partial charge in [0.2, 0.25) is 0 Å². The van der Waals surface area contributed by atoms with Gasteiger partial charge in [0, 0.05) is 12.6 Å². The van der Waals surface area contributed by atoms with Crippen molar-refractivity contribution in [1.29, 1.82) is 0 Å². The third-order valence-corrected chi connectivity index (χ3v) is 2.86. The molecule has 4 N–H and O–H groups in total. The molecule has 0 saturated heterocycles. The van der Waals surface area contributed by atoms with Crippen LogP contribution in [0.3, 0.4) is 0 Å². The zero-order chi connectivity index (χ0) is 13.1. The van der Waals surface area contributed by atoms with Gasteiger partial charge in [-0.25, -0.2) is 4.79 Å². The lowest BCUT2D eigenvalue weighted by Gasteiger charge is -2.10. The number of aromatic amines is 1. The fraction of sp³-hybridized carbons (Fsp3) is 0.462. The maximum absolute atomic E-state index is 11.1. The summed E-state index contributed by atoms with van der Waals surface area (Å²) in [5.41, 5.74) is 8.49. The second kappa shape index (κ2) is 5.16. The smallest absolute Gasteiger partial charge is 0.408 e. The van der Waals surface area contributed by atoms with Gasteiger partial charge in [-0.1, -0.05) is 13.8 Å². The van der Waals surface area contributed by atoms with Crippen molar-refractivity contribution < 1.29 is 4.42 Å². The van der Waals surface area contributed by atoms with Gasteiger partial charge >= 0.3 is 5.76 Å². The Kier molecular flexibility index (Phi) is 3.60. The Morgan fingerprint density at radius 3 is 2.94 bits per heavy atom. The first-order valence-corrected chi connectivity index (χ1v) is 6.22. The number of nitrogens with one attached hydrogen (secondary N) is 2. The van der Waals surface area contributed by atoms with Crippen LogP contribution in [0.2, 0.25) is 0 Å². The fourth-order valence-corrected chi connectivity index (χ4v) is 1.90. The van der Waals surface area contributed by atoms with Gasteiger partial charge in [-0.2, -0.15) is 0 Å². The van der Waals surface area contributed by atoms with E-state index < -0.39 is 5.76 Å². The summed E-state index contributed by atoms with van der Waals surface area (Å²) in [5, 5.41) is 3.28. The third-order valence-electron chi connectivity index (χ3n) is 2.86. The van der Waals surface area contributed by atoms with Crippen LogP contribution in [0, 0.1) is 5.92 Å². The highest BCUT2D eigenvalue weighted by atomic mass is 16.4. The molecule has 0 aliphatic heterocycles. The summed E-state index contributed by atoms with van der Waals surface area (Å²) in [7, 11) is 0. The van der Waals surface area contributed by atoms with Crippen molar-refractivity contribution in [2.45, 2.75) is 26.7 Å². The molecular formula is C13H19N3O2. The highest BCUT2D eigenvalue weighted by Gasteiger charge is 2.06. The molecule has 0 aliphatic rings. The van der Waals surface area contributed by atoms with Gasteiger partial charge in [0.25, 0.3) is 0 Å². The summed E-state index contributed by atoms with van der Waals surface area (Å²) >= 11 is 0. The van der Waals surface area contributed by atoms with Gasteiger partial charge in [0.05, 0.1) is 16.9 Å². The number of nitrogen functional groups attached to an aromatic ring is 1. The summed E-state index contributed by atoms with van der Waals surface area (Å²) < 4.78 is 4.94. The molecule has 1 aromatic carbocycles. The molecule has 0 aliphatic carbocycles. The number of aromatic nitrogens is 1. The Morgan fingerprint density at radius 2 is 2.22 bits per heavy atom. The fourth-order valence-electron chi connectivity index (χ4n) is 1.90. The molecule has 2 rings (SSSR count). The molecule has 0 fully saturated rings. The minimum atomic E-state index is -0.457. The molecule has 5 heteroatoms. The monoisotopic (exact) mass is 249 g/mol. The van der Waals surface area contributed by atoms with Crippen molar-refractivity contribution in [3.8, 4) is 0 Å². The third kappa shape index (κ3) is 2.85. The lowest BCUT2D eigenvalue weighted by molar-refractivity contribution is 0.555. The number of fused-ring (bicyclic) bond motifs is 1. The van der Waals surface area contributed by atoms with Crippen molar-refractivity contribution in [3.05, 3.63) is 22.7 Å². The van der Waals surface area contributed by atoms with E-state index in [9.17, 15) is 4.79 Å². The lowest BCUT2D eigenvalue weighted by Crippen LogP contribution is -2.05. The van der Waals surface area contributed by atoms with Gasteiger partial charge in [-0.05, 0) is 24.8 Å². The second-order valence-electron chi connectivity index (χ2n) is 4.91. The molecule has 0 bridgehead atoms. The molecule has 1 aromatic heterocycles. The normalized spacial score (nSPS) is 11.3. The maximum Gasteiger partial charge on any atom is 0.417 e. The van der Waals surface area contributed by atoms with Crippen LogP contribution >= 0.6 is 0 Å². The zero-order valence-electron chi connectivity index (χ0n) is 10.7. The SMILES string of the molecule is CC(C)CCCNc1cc2[nH]c(=O)oc2cc1N. The van der Waals surface area contributed by atoms with Gasteiger partial charge in [-0.3, -0.25) is 4.98 Å². The number of oxazole rings is 1. The number of hydrogen-bond acceptors (Lipinski definition) is 4. The Bertz CT molecular complexity index is 583. The topological polar surface area (TPSA) is 84.0 Å². The number of H-pyrrole nitrogens is 1. The van der Waals surface area contributed by atoms with E-state index in [-0.39, 0.29) is 0 Å². The van der Waals surface area contributed by atoms with E-state index in [1.165, 1.54) is 6.42 Å². The predicted molar refractivity (Wildman–Crippen MR) is 73.8 cm³/mol. The summed E-state index contributed by atoms with van der Waals surface area (Å²) in [4.78, 5) is 13.7. The highest BCUT2D eigenvalue weighted by Crippen LogP contribution is 2.24. The Morgan fingerprint density at radius 1 is 1.44 bits per heavy atom. The van der Waals surface area contributed by atoms with Crippen LogP contribution in [0.1, 0.15) is 26.7 Å². The lowest BCUT2D eigenvalue weighted by atomic mass is 10.1. The highest BCUT2D eigenvalue weighted by molar-refractivity contribution is 5.85. The number of hydrogen-bond donors (Lipinski definition) is 3. The molecule has 0 radical (unpaired) electrons. The Hall–Kier alpha value is -1.91. The number of rotatable bonds is 5. The molecule has 5 nitrogen and oxygen atoms in total. The second-order valence-corrected chi connectivity index (χ2v) is 4.91. The maximum atomic E-state index is 11.1. The van der Waals surface area contributed by atoms with Gasteiger partial charge in [0.15, 0.2) is 5.58 Å². The molecule has 0 atom stereocenters. The summed E-state index contributed by atoms with van der Waals surface area (Å²) in [5.74, 6) is 0.248. The van der Waals surface area contributed by atoms with E-state index in [0.717, 1.165) is 18.7 Å². The van der Waals surface area contributed by atoms with Gasteiger partial charge < -0.3 is 15.5 Å². The van der Waals surface area contributed by atoms with E-state index in [0.29, 0.717) is 22.7 Å². The molecule has 1 heterocycles. The average molecular weight is 249 g/mol. The first kappa shape index (κ1) is 12.5. The number of nitrogens with two attached hydrogens (primary N) is 1. The van der Waals surface area contributed by atoms with Crippen molar-refractivity contribution in [1.82, 2.24) is 4.98 Å². The molecule has 0 unspecified atom stereocenters. The first-order chi connectivity index (χ1) is 8.56. The van der Waals surface area contributed by atoms with Crippen LogP contribution < -0.4 is 16.8 Å². The van der Waals surface area contributed by atoms with Crippen LogP contribution in [-0.4, -0.2) is 11.5 Å². The minimum absolute atomic E-state index is 0.457. The largest absolute Gasteiger partial charge is 0.417 e. The molecule has 0 amide bonds. The van der Waals surface area contributed by atoms with Crippen LogP contribution in [0.25, 0.3) is 11.1 Å². The first-order valence-electron chi connectivity index (χ1n) is 6.22.